The average Bonchev–Trinajstić information content (AvgIpc) is 2.32. The van der Waals surface area contributed by atoms with Crippen molar-refractivity contribution in [3.63, 3.8) is 0 Å². The van der Waals surface area contributed by atoms with Crippen molar-refractivity contribution in [2.45, 2.75) is 25.0 Å². The molecule has 0 aromatic rings. The summed E-state index contributed by atoms with van der Waals surface area (Å²) in [6.07, 6.45) is 1.18. The minimum Gasteiger partial charge on any atom is -0.374 e. The molecule has 0 aromatic heterocycles. The maximum atomic E-state index is 5.97. The van der Waals surface area contributed by atoms with Gasteiger partial charge in [-0.05, 0) is 13.5 Å². The van der Waals surface area contributed by atoms with Gasteiger partial charge in [0, 0.05) is 36.9 Å². The summed E-state index contributed by atoms with van der Waals surface area (Å²) < 4.78 is 5.69. The number of halogens is 2. The van der Waals surface area contributed by atoms with E-state index in [0.29, 0.717) is 11.8 Å². The van der Waals surface area contributed by atoms with Gasteiger partial charge < -0.3 is 15.0 Å². The van der Waals surface area contributed by atoms with Gasteiger partial charge in [-0.3, -0.25) is 0 Å². The van der Waals surface area contributed by atoms with Crippen molar-refractivity contribution in [3.05, 3.63) is 0 Å². The van der Waals surface area contributed by atoms with Crippen molar-refractivity contribution in [3.8, 4) is 0 Å². The van der Waals surface area contributed by atoms with Crippen LogP contribution in [0, 0.1) is 0 Å². The van der Waals surface area contributed by atoms with E-state index < -0.39 is 0 Å². The Morgan fingerprint density at radius 2 is 2.12 bits per heavy atom. The fourth-order valence-electron chi connectivity index (χ4n) is 1.76. The second kappa shape index (κ2) is 7.02. The maximum Gasteiger partial charge on any atom is 0.0826 e. The molecule has 0 aromatic carbocycles. The van der Waals surface area contributed by atoms with Crippen molar-refractivity contribution >= 4 is 23.2 Å². The van der Waals surface area contributed by atoms with Crippen LogP contribution in [0.4, 0.5) is 0 Å². The molecule has 0 radical (unpaired) electrons. The second-order valence-electron chi connectivity index (χ2n) is 4.54. The van der Waals surface area contributed by atoms with Crippen LogP contribution in [0.1, 0.15) is 13.3 Å². The first-order valence-corrected chi connectivity index (χ1v) is 6.90. The summed E-state index contributed by atoms with van der Waals surface area (Å²) in [6, 6.07) is 0. The molecule has 1 unspecified atom stereocenters. The molecule has 0 spiro atoms. The molecule has 1 saturated heterocycles. The van der Waals surface area contributed by atoms with Crippen molar-refractivity contribution in [1.82, 2.24) is 10.2 Å². The molecule has 1 atom stereocenters. The Kier molecular flexibility index (Phi) is 6.37. The summed E-state index contributed by atoms with van der Waals surface area (Å²) in [4.78, 5) is 2.28. The van der Waals surface area contributed by atoms with Crippen LogP contribution in [-0.2, 0) is 4.74 Å². The molecule has 0 aliphatic carbocycles. The van der Waals surface area contributed by atoms with Crippen LogP contribution in [0.15, 0.2) is 0 Å². The van der Waals surface area contributed by atoms with Gasteiger partial charge in [0.2, 0.25) is 0 Å². The van der Waals surface area contributed by atoms with Gasteiger partial charge in [-0.2, -0.15) is 0 Å². The Morgan fingerprint density at radius 1 is 1.44 bits per heavy atom. The SMILES string of the molecule is CCC(CCl)(CCl)NCC1CN(C)CCO1. The zero-order valence-electron chi connectivity index (χ0n) is 10.1. The molecule has 5 heteroatoms. The predicted molar refractivity (Wildman–Crippen MR) is 69.7 cm³/mol. The number of nitrogens with zero attached hydrogens (tertiary/aromatic N) is 1. The summed E-state index contributed by atoms with van der Waals surface area (Å²) in [7, 11) is 2.12. The van der Waals surface area contributed by atoms with E-state index >= 15 is 0 Å². The van der Waals surface area contributed by atoms with Crippen LogP contribution in [0.5, 0.6) is 0 Å². The molecule has 16 heavy (non-hydrogen) atoms. The molecule has 96 valence electrons. The summed E-state index contributed by atoms with van der Waals surface area (Å²) in [5, 5.41) is 3.46. The zero-order chi connectivity index (χ0) is 12.0. The molecule has 1 heterocycles. The van der Waals surface area contributed by atoms with E-state index in [9.17, 15) is 0 Å². The largest absolute Gasteiger partial charge is 0.374 e. The minimum atomic E-state index is -0.150. The smallest absolute Gasteiger partial charge is 0.0826 e. The fourth-order valence-corrected chi connectivity index (χ4v) is 2.62. The van der Waals surface area contributed by atoms with Gasteiger partial charge in [0.15, 0.2) is 0 Å². The number of nitrogens with one attached hydrogen (secondary N) is 1. The zero-order valence-corrected chi connectivity index (χ0v) is 11.7. The normalized spacial score (nSPS) is 23.6. The molecule has 1 rings (SSSR count). The maximum absolute atomic E-state index is 5.97. The van der Waals surface area contributed by atoms with Gasteiger partial charge in [0.05, 0.1) is 12.7 Å². The summed E-state index contributed by atoms with van der Waals surface area (Å²) in [5.41, 5.74) is -0.150. The van der Waals surface area contributed by atoms with Gasteiger partial charge in [-0.25, -0.2) is 0 Å². The molecule has 0 bridgehead atoms. The van der Waals surface area contributed by atoms with Gasteiger partial charge in [-0.15, -0.1) is 23.2 Å². The lowest BCUT2D eigenvalue weighted by Crippen LogP contribution is -2.54. The number of rotatable bonds is 6. The van der Waals surface area contributed by atoms with Gasteiger partial charge in [0.25, 0.3) is 0 Å². The fraction of sp³-hybridized carbons (Fsp3) is 1.00. The van der Waals surface area contributed by atoms with E-state index in [0.717, 1.165) is 32.7 Å². The van der Waals surface area contributed by atoms with Crippen LogP contribution >= 0.6 is 23.2 Å². The van der Waals surface area contributed by atoms with E-state index in [1.54, 1.807) is 0 Å². The van der Waals surface area contributed by atoms with Crippen LogP contribution in [0.2, 0.25) is 0 Å². The van der Waals surface area contributed by atoms with E-state index in [-0.39, 0.29) is 11.6 Å². The van der Waals surface area contributed by atoms with Gasteiger partial charge in [0.1, 0.15) is 0 Å². The minimum absolute atomic E-state index is 0.150. The molecule has 3 nitrogen and oxygen atoms in total. The molecular formula is C11H22Cl2N2O. The number of morpholine rings is 1. The lowest BCUT2D eigenvalue weighted by Gasteiger charge is -2.35. The number of hydrogen-bond donors (Lipinski definition) is 1. The first-order valence-electron chi connectivity index (χ1n) is 5.83. The molecule has 1 N–H and O–H groups in total. The third-order valence-electron chi connectivity index (χ3n) is 3.23. The topological polar surface area (TPSA) is 24.5 Å². The molecule has 0 amide bonds. The highest BCUT2D eigenvalue weighted by Gasteiger charge is 2.27. The van der Waals surface area contributed by atoms with Crippen LogP contribution in [0.25, 0.3) is 0 Å². The first-order chi connectivity index (χ1) is 7.65. The third-order valence-corrected chi connectivity index (χ3v) is 4.26. The molecule has 1 aliphatic rings. The first kappa shape index (κ1) is 14.5. The van der Waals surface area contributed by atoms with E-state index in [2.05, 4.69) is 24.2 Å². The van der Waals surface area contributed by atoms with Crippen molar-refractivity contribution in [2.75, 3.05) is 45.0 Å². The Morgan fingerprint density at radius 3 is 2.62 bits per heavy atom. The Hall–Kier alpha value is 0.460. The molecule has 1 fully saturated rings. The molecule has 1 aliphatic heterocycles. The van der Waals surface area contributed by atoms with Crippen molar-refractivity contribution < 1.29 is 4.74 Å². The highest BCUT2D eigenvalue weighted by Crippen LogP contribution is 2.15. The lowest BCUT2D eigenvalue weighted by atomic mass is 10.0. The number of likely N-dealkylation sites (N-methyl/N-ethyl adjacent to an activating group) is 1. The summed E-state index contributed by atoms with van der Waals surface area (Å²) in [6.45, 7) is 5.71. The van der Waals surface area contributed by atoms with Gasteiger partial charge >= 0.3 is 0 Å². The van der Waals surface area contributed by atoms with E-state index in [1.165, 1.54) is 0 Å². The van der Waals surface area contributed by atoms with E-state index in [1.807, 2.05) is 0 Å². The van der Waals surface area contributed by atoms with E-state index in [4.69, 9.17) is 27.9 Å². The highest BCUT2D eigenvalue weighted by molar-refractivity contribution is 6.22. The predicted octanol–water partition coefficient (Wildman–Crippen LogP) is 1.53. The van der Waals surface area contributed by atoms with Crippen LogP contribution in [-0.4, -0.2) is 61.6 Å². The summed E-state index contributed by atoms with van der Waals surface area (Å²) >= 11 is 11.9. The quantitative estimate of drug-likeness (QED) is 0.740. The standard InChI is InChI=1S/C11H22Cl2N2O/c1-3-11(8-12,9-13)14-6-10-7-15(2)4-5-16-10/h10,14H,3-9H2,1-2H3. The molecular weight excluding hydrogens is 247 g/mol. The van der Waals surface area contributed by atoms with Crippen molar-refractivity contribution in [1.29, 1.82) is 0 Å². The van der Waals surface area contributed by atoms with Crippen molar-refractivity contribution in [2.24, 2.45) is 0 Å². The van der Waals surface area contributed by atoms with Gasteiger partial charge in [-0.1, -0.05) is 6.92 Å². The van der Waals surface area contributed by atoms with Crippen LogP contribution < -0.4 is 5.32 Å². The Balaban J connectivity index is 2.36. The third kappa shape index (κ3) is 4.04. The highest BCUT2D eigenvalue weighted by atomic mass is 35.5. The number of hydrogen-bond acceptors (Lipinski definition) is 3. The number of ether oxygens (including phenoxy) is 1. The Labute approximate surface area is 108 Å². The van der Waals surface area contributed by atoms with Crippen LogP contribution in [0.3, 0.4) is 0 Å². The Bertz CT molecular complexity index is 192. The monoisotopic (exact) mass is 268 g/mol. The second-order valence-corrected chi connectivity index (χ2v) is 5.07. The lowest BCUT2D eigenvalue weighted by molar-refractivity contribution is -0.0208. The average molecular weight is 269 g/mol. The molecule has 0 saturated carbocycles. The summed E-state index contributed by atoms with van der Waals surface area (Å²) in [5.74, 6) is 1.07. The number of alkyl halides is 2.